The minimum absolute atomic E-state index is 0.111. The standard InChI is InChI=1S/C18H26O5S2/c1-8-12(10(3)24-16(20)21)9(2)14(18(5,6)7)15(19)13(8)11(4)25-17(22)23/h10-11,19H,1-7H3,(H,20,21)(H,22,23). The minimum Gasteiger partial charge on any atom is -0.507 e. The lowest BCUT2D eigenvalue weighted by Gasteiger charge is -2.31. The van der Waals surface area contributed by atoms with Crippen molar-refractivity contribution in [1.29, 1.82) is 0 Å². The molecule has 1 aromatic carbocycles. The average Bonchev–Trinajstić information content (AvgIpc) is 2.33. The summed E-state index contributed by atoms with van der Waals surface area (Å²) in [4.78, 5) is 22.3. The molecule has 0 aliphatic carbocycles. The summed E-state index contributed by atoms with van der Waals surface area (Å²) in [7, 11) is 0. The third kappa shape index (κ3) is 4.85. The van der Waals surface area contributed by atoms with Crippen LogP contribution in [0.5, 0.6) is 5.75 Å². The van der Waals surface area contributed by atoms with Crippen LogP contribution in [-0.2, 0) is 5.41 Å². The van der Waals surface area contributed by atoms with Gasteiger partial charge in [-0.25, -0.2) is 9.59 Å². The molecule has 0 aliphatic rings. The molecule has 2 atom stereocenters. The monoisotopic (exact) mass is 386 g/mol. The van der Waals surface area contributed by atoms with E-state index in [4.69, 9.17) is 10.2 Å². The molecule has 1 rings (SSSR count). The first kappa shape index (κ1) is 21.7. The summed E-state index contributed by atoms with van der Waals surface area (Å²) >= 11 is 1.54. The van der Waals surface area contributed by atoms with Crippen molar-refractivity contribution in [3.63, 3.8) is 0 Å². The molecule has 0 fully saturated rings. The van der Waals surface area contributed by atoms with Crippen LogP contribution in [0.25, 0.3) is 0 Å². The predicted octanol–water partition coefficient (Wildman–Crippen LogP) is 6.25. The molecule has 0 saturated heterocycles. The van der Waals surface area contributed by atoms with Crippen molar-refractivity contribution < 1.29 is 24.9 Å². The highest BCUT2D eigenvalue weighted by atomic mass is 32.2. The van der Waals surface area contributed by atoms with Gasteiger partial charge in [-0.05, 0) is 73.3 Å². The van der Waals surface area contributed by atoms with E-state index in [0.717, 1.165) is 45.8 Å². The quantitative estimate of drug-likeness (QED) is 0.563. The molecular formula is C18H26O5S2. The summed E-state index contributed by atoms with van der Waals surface area (Å²) < 4.78 is 0. The fraction of sp³-hybridized carbons (Fsp3) is 0.556. The molecule has 7 heteroatoms. The molecule has 140 valence electrons. The maximum atomic E-state index is 11.2. The molecule has 2 unspecified atom stereocenters. The summed E-state index contributed by atoms with van der Waals surface area (Å²) in [5.74, 6) is 0.111. The van der Waals surface area contributed by atoms with Crippen LogP contribution in [-0.4, -0.2) is 25.9 Å². The van der Waals surface area contributed by atoms with E-state index in [1.807, 2.05) is 41.5 Å². The second-order valence-electron chi connectivity index (χ2n) is 7.10. The lowest BCUT2D eigenvalue weighted by molar-refractivity contribution is 0.221. The van der Waals surface area contributed by atoms with Crippen molar-refractivity contribution in [3.8, 4) is 5.75 Å². The SMILES string of the molecule is Cc1c(C(C)SC(=O)O)c(C)c(C(C)(C)C)c(O)c1C(C)SC(=O)O. The molecule has 0 bridgehead atoms. The Hall–Kier alpha value is -1.34. The molecule has 0 aromatic heterocycles. The first-order valence-corrected chi connectivity index (χ1v) is 9.70. The fourth-order valence-electron chi connectivity index (χ4n) is 3.50. The van der Waals surface area contributed by atoms with E-state index in [1.165, 1.54) is 0 Å². The van der Waals surface area contributed by atoms with Crippen LogP contribution in [0, 0.1) is 13.8 Å². The number of carboxylic acid groups (broad SMARTS) is 2. The normalized spacial score (nSPS) is 14.2. The van der Waals surface area contributed by atoms with Gasteiger partial charge in [-0.2, -0.15) is 0 Å². The minimum atomic E-state index is -1.02. The van der Waals surface area contributed by atoms with Gasteiger partial charge in [-0.1, -0.05) is 20.8 Å². The fourth-order valence-corrected chi connectivity index (χ4v) is 4.98. The zero-order valence-electron chi connectivity index (χ0n) is 15.6. The Morgan fingerprint density at radius 2 is 1.28 bits per heavy atom. The van der Waals surface area contributed by atoms with Gasteiger partial charge >= 0.3 is 10.6 Å². The van der Waals surface area contributed by atoms with Crippen LogP contribution in [0.4, 0.5) is 9.59 Å². The van der Waals surface area contributed by atoms with E-state index in [1.54, 1.807) is 6.92 Å². The van der Waals surface area contributed by atoms with Crippen molar-refractivity contribution in [2.75, 3.05) is 0 Å². The van der Waals surface area contributed by atoms with Crippen molar-refractivity contribution in [3.05, 3.63) is 27.8 Å². The number of thioether (sulfide) groups is 2. The van der Waals surface area contributed by atoms with Gasteiger partial charge in [-0.3, -0.25) is 0 Å². The molecule has 25 heavy (non-hydrogen) atoms. The Morgan fingerprint density at radius 3 is 1.64 bits per heavy atom. The van der Waals surface area contributed by atoms with Gasteiger partial charge in [-0.15, -0.1) is 0 Å². The largest absolute Gasteiger partial charge is 0.507 e. The van der Waals surface area contributed by atoms with E-state index in [0.29, 0.717) is 5.56 Å². The van der Waals surface area contributed by atoms with E-state index >= 15 is 0 Å². The number of carbonyl (C=O) groups is 2. The van der Waals surface area contributed by atoms with Gasteiger partial charge in [0.1, 0.15) is 5.75 Å². The van der Waals surface area contributed by atoms with Gasteiger partial charge in [0.2, 0.25) is 0 Å². The number of hydrogen-bond acceptors (Lipinski definition) is 5. The Balaban J connectivity index is 3.78. The van der Waals surface area contributed by atoms with Crippen LogP contribution in [0.15, 0.2) is 0 Å². The number of rotatable bonds is 4. The van der Waals surface area contributed by atoms with Crippen LogP contribution in [0.1, 0.15) is 72.9 Å². The van der Waals surface area contributed by atoms with E-state index < -0.39 is 15.9 Å². The lowest BCUT2D eigenvalue weighted by atomic mass is 9.78. The highest BCUT2D eigenvalue weighted by Gasteiger charge is 2.31. The van der Waals surface area contributed by atoms with E-state index in [2.05, 4.69) is 0 Å². The molecule has 0 spiro atoms. The Kier molecular flexibility index (Phi) is 6.87. The van der Waals surface area contributed by atoms with Crippen LogP contribution in [0.2, 0.25) is 0 Å². The molecule has 0 amide bonds. The summed E-state index contributed by atoms with van der Waals surface area (Å²) in [6, 6.07) is 0. The van der Waals surface area contributed by atoms with Gasteiger partial charge in [0.05, 0.1) is 0 Å². The van der Waals surface area contributed by atoms with Gasteiger partial charge in [0.15, 0.2) is 0 Å². The number of aromatic hydroxyl groups is 1. The van der Waals surface area contributed by atoms with Crippen molar-refractivity contribution >= 4 is 34.1 Å². The topological polar surface area (TPSA) is 94.8 Å². The second kappa shape index (κ2) is 7.91. The molecule has 3 N–H and O–H groups in total. The average molecular weight is 387 g/mol. The molecule has 0 radical (unpaired) electrons. The number of benzene rings is 1. The van der Waals surface area contributed by atoms with Crippen molar-refractivity contribution in [1.82, 2.24) is 0 Å². The highest BCUT2D eigenvalue weighted by Crippen LogP contribution is 2.48. The molecule has 0 aliphatic heterocycles. The maximum absolute atomic E-state index is 11.2. The highest BCUT2D eigenvalue weighted by molar-refractivity contribution is 8.13. The van der Waals surface area contributed by atoms with E-state index in [-0.39, 0.29) is 16.4 Å². The van der Waals surface area contributed by atoms with Crippen molar-refractivity contribution in [2.24, 2.45) is 0 Å². The molecule has 0 heterocycles. The van der Waals surface area contributed by atoms with Crippen LogP contribution >= 0.6 is 23.5 Å². The Bertz CT molecular complexity index is 643. The molecule has 5 nitrogen and oxygen atoms in total. The third-order valence-corrected chi connectivity index (χ3v) is 5.78. The summed E-state index contributed by atoms with van der Waals surface area (Å²) in [6.07, 6.45) is 0. The van der Waals surface area contributed by atoms with Gasteiger partial charge in [0.25, 0.3) is 0 Å². The molecular weight excluding hydrogens is 360 g/mol. The number of phenols is 1. The first-order chi connectivity index (χ1) is 11.3. The molecule has 0 saturated carbocycles. The Labute approximate surface area is 157 Å². The summed E-state index contributed by atoms with van der Waals surface area (Å²) in [5, 5.41) is 26.4. The molecule has 1 aromatic rings. The zero-order chi connectivity index (χ0) is 19.7. The van der Waals surface area contributed by atoms with E-state index in [9.17, 15) is 14.7 Å². The van der Waals surface area contributed by atoms with Crippen LogP contribution < -0.4 is 0 Å². The van der Waals surface area contributed by atoms with Gasteiger partial charge < -0.3 is 15.3 Å². The number of phenolic OH excluding ortho intramolecular Hbond substituents is 1. The van der Waals surface area contributed by atoms with Crippen LogP contribution in [0.3, 0.4) is 0 Å². The van der Waals surface area contributed by atoms with Gasteiger partial charge in [0, 0.05) is 21.6 Å². The second-order valence-corrected chi connectivity index (χ2v) is 9.69. The smallest absolute Gasteiger partial charge is 0.365 e. The summed E-state index contributed by atoms with van der Waals surface area (Å²) in [5.41, 5.74) is 3.40. The third-order valence-electron chi connectivity index (χ3n) is 4.20. The predicted molar refractivity (Wildman–Crippen MR) is 104 cm³/mol. The Morgan fingerprint density at radius 1 is 0.880 bits per heavy atom. The lowest BCUT2D eigenvalue weighted by Crippen LogP contribution is -2.18. The van der Waals surface area contributed by atoms with Crippen molar-refractivity contribution in [2.45, 2.75) is 64.4 Å². The maximum Gasteiger partial charge on any atom is 0.365 e. The first-order valence-electron chi connectivity index (χ1n) is 7.94. The zero-order valence-corrected chi connectivity index (χ0v) is 17.3. The summed E-state index contributed by atoms with van der Waals surface area (Å²) in [6.45, 7) is 13.2. The number of hydrogen-bond donors (Lipinski definition) is 3.